The van der Waals surface area contributed by atoms with E-state index in [0.29, 0.717) is 6.61 Å². The van der Waals surface area contributed by atoms with Gasteiger partial charge in [0, 0.05) is 13.0 Å². The number of hydrogen-bond acceptors (Lipinski definition) is 3. The quantitative estimate of drug-likeness (QED) is 0.713. The molecule has 0 aromatic heterocycles. The van der Waals surface area contributed by atoms with Crippen LogP contribution in [0.25, 0.3) is 0 Å². The van der Waals surface area contributed by atoms with Crippen LogP contribution >= 0.6 is 0 Å². The van der Waals surface area contributed by atoms with E-state index in [4.69, 9.17) is 9.47 Å². The number of rotatable bonds is 6. The van der Waals surface area contributed by atoms with E-state index in [-0.39, 0.29) is 24.4 Å². The van der Waals surface area contributed by atoms with Gasteiger partial charge in [-0.1, -0.05) is 13.3 Å². The molecule has 1 fully saturated rings. The summed E-state index contributed by atoms with van der Waals surface area (Å²) >= 11 is 0. The first-order valence-corrected chi connectivity index (χ1v) is 5.64. The van der Waals surface area contributed by atoms with Crippen molar-refractivity contribution in [2.75, 3.05) is 6.61 Å². The van der Waals surface area contributed by atoms with Crippen molar-refractivity contribution >= 4 is 0 Å². The molecule has 1 saturated carbocycles. The summed E-state index contributed by atoms with van der Waals surface area (Å²) in [6.45, 7) is 6.81. The highest BCUT2D eigenvalue weighted by Crippen LogP contribution is 2.28. The Morgan fingerprint density at radius 1 is 1.43 bits per heavy atom. The van der Waals surface area contributed by atoms with E-state index in [1.165, 1.54) is 0 Å². The van der Waals surface area contributed by atoms with Gasteiger partial charge in [-0.2, -0.15) is 0 Å². The minimum atomic E-state index is -0.325. The molecule has 3 heteroatoms. The molecule has 1 N–H and O–H groups in total. The molecule has 1 aliphatic carbocycles. The zero-order valence-corrected chi connectivity index (χ0v) is 9.40. The van der Waals surface area contributed by atoms with Crippen molar-refractivity contribution in [3.63, 3.8) is 0 Å². The first-order chi connectivity index (χ1) is 6.69. The lowest BCUT2D eigenvalue weighted by Crippen LogP contribution is -2.54. The number of aliphatic hydroxyl groups excluding tert-OH is 1. The fourth-order valence-corrected chi connectivity index (χ4v) is 1.87. The Morgan fingerprint density at radius 2 is 2.14 bits per heavy atom. The van der Waals surface area contributed by atoms with E-state index in [0.717, 1.165) is 19.3 Å². The zero-order chi connectivity index (χ0) is 10.6. The van der Waals surface area contributed by atoms with Crippen LogP contribution in [0.3, 0.4) is 0 Å². The van der Waals surface area contributed by atoms with Gasteiger partial charge in [0.25, 0.3) is 0 Å². The van der Waals surface area contributed by atoms with Crippen molar-refractivity contribution in [1.29, 1.82) is 0 Å². The van der Waals surface area contributed by atoms with E-state index >= 15 is 0 Å². The molecule has 0 spiro atoms. The molecular weight excluding hydrogens is 180 g/mol. The van der Waals surface area contributed by atoms with Crippen molar-refractivity contribution in [3.05, 3.63) is 0 Å². The molecule has 3 nitrogen and oxygen atoms in total. The molecule has 0 aromatic rings. The maximum atomic E-state index is 9.45. The van der Waals surface area contributed by atoms with Gasteiger partial charge in [0.05, 0.1) is 18.3 Å². The second-order valence-electron chi connectivity index (χ2n) is 4.00. The van der Waals surface area contributed by atoms with Crippen molar-refractivity contribution in [1.82, 2.24) is 0 Å². The molecule has 4 unspecified atom stereocenters. The zero-order valence-electron chi connectivity index (χ0n) is 9.40. The lowest BCUT2D eigenvalue weighted by atomic mass is 9.88. The number of hydrogen-bond donors (Lipinski definition) is 1. The van der Waals surface area contributed by atoms with E-state index in [2.05, 4.69) is 13.8 Å². The second-order valence-corrected chi connectivity index (χ2v) is 4.00. The largest absolute Gasteiger partial charge is 0.390 e. The maximum Gasteiger partial charge on any atom is 0.110 e. The Hall–Kier alpha value is -0.120. The third-order valence-electron chi connectivity index (χ3n) is 2.68. The Balaban J connectivity index is 2.24. The molecular formula is C11H22O3. The minimum Gasteiger partial charge on any atom is -0.390 e. The van der Waals surface area contributed by atoms with Crippen LogP contribution in [-0.4, -0.2) is 36.1 Å². The predicted octanol–water partition coefficient (Wildman–Crippen LogP) is 1.73. The van der Waals surface area contributed by atoms with Gasteiger partial charge in [0.1, 0.15) is 6.10 Å². The third kappa shape index (κ3) is 2.94. The highest BCUT2D eigenvalue weighted by Gasteiger charge is 2.42. The number of ether oxygens (including phenoxy) is 2. The molecule has 0 radical (unpaired) electrons. The summed E-state index contributed by atoms with van der Waals surface area (Å²) < 4.78 is 11.2. The molecule has 0 amide bonds. The van der Waals surface area contributed by atoms with Crippen LogP contribution in [0, 0.1) is 0 Å². The monoisotopic (exact) mass is 202 g/mol. The average molecular weight is 202 g/mol. The van der Waals surface area contributed by atoms with Crippen LogP contribution < -0.4 is 0 Å². The van der Waals surface area contributed by atoms with Gasteiger partial charge in [0.2, 0.25) is 0 Å². The summed E-state index contributed by atoms with van der Waals surface area (Å²) in [5, 5.41) is 9.45. The molecule has 14 heavy (non-hydrogen) atoms. The number of aliphatic hydroxyl groups is 1. The van der Waals surface area contributed by atoms with E-state index in [1.807, 2.05) is 6.92 Å². The van der Waals surface area contributed by atoms with Crippen molar-refractivity contribution in [2.24, 2.45) is 0 Å². The fraction of sp³-hybridized carbons (Fsp3) is 1.00. The molecule has 4 atom stereocenters. The summed E-state index contributed by atoms with van der Waals surface area (Å²) in [5.41, 5.74) is 0. The Labute approximate surface area is 86.4 Å². The molecule has 0 aliphatic heterocycles. The summed E-state index contributed by atoms with van der Waals surface area (Å²) in [6.07, 6.45) is 2.89. The highest BCUT2D eigenvalue weighted by atomic mass is 16.6. The summed E-state index contributed by atoms with van der Waals surface area (Å²) in [7, 11) is 0. The van der Waals surface area contributed by atoms with Crippen LogP contribution in [0.5, 0.6) is 0 Å². The Morgan fingerprint density at radius 3 is 2.64 bits per heavy atom. The Bertz CT molecular complexity index is 161. The van der Waals surface area contributed by atoms with Crippen LogP contribution in [0.4, 0.5) is 0 Å². The summed E-state index contributed by atoms with van der Waals surface area (Å²) in [6, 6.07) is 0. The lowest BCUT2D eigenvalue weighted by molar-refractivity contribution is -0.204. The molecule has 1 aliphatic rings. The molecule has 1 rings (SSSR count). The molecule has 84 valence electrons. The van der Waals surface area contributed by atoms with E-state index in [9.17, 15) is 5.11 Å². The maximum absolute atomic E-state index is 9.45. The Kier molecular flexibility index (Phi) is 4.85. The third-order valence-corrected chi connectivity index (χ3v) is 2.68. The molecule has 0 saturated heterocycles. The smallest absolute Gasteiger partial charge is 0.110 e. The molecule has 0 bridgehead atoms. The summed E-state index contributed by atoms with van der Waals surface area (Å²) in [4.78, 5) is 0. The van der Waals surface area contributed by atoms with Crippen molar-refractivity contribution < 1.29 is 14.6 Å². The van der Waals surface area contributed by atoms with Crippen molar-refractivity contribution in [2.45, 2.75) is 64.4 Å². The van der Waals surface area contributed by atoms with Gasteiger partial charge in [-0.25, -0.2) is 0 Å². The van der Waals surface area contributed by atoms with Crippen molar-refractivity contribution in [3.8, 4) is 0 Å². The minimum absolute atomic E-state index is 0.0979. The predicted molar refractivity (Wildman–Crippen MR) is 55.3 cm³/mol. The van der Waals surface area contributed by atoms with Gasteiger partial charge < -0.3 is 14.6 Å². The second kappa shape index (κ2) is 5.69. The average Bonchev–Trinajstić information content (AvgIpc) is 2.14. The fourth-order valence-electron chi connectivity index (χ4n) is 1.87. The van der Waals surface area contributed by atoms with Gasteiger partial charge in [-0.3, -0.25) is 0 Å². The molecule has 0 aromatic carbocycles. The normalized spacial score (nSPS) is 33.9. The first-order valence-electron chi connectivity index (χ1n) is 5.64. The van der Waals surface area contributed by atoms with Gasteiger partial charge in [-0.05, 0) is 20.3 Å². The van der Waals surface area contributed by atoms with Gasteiger partial charge in [-0.15, -0.1) is 0 Å². The first kappa shape index (κ1) is 12.0. The van der Waals surface area contributed by atoms with Crippen LogP contribution in [-0.2, 0) is 9.47 Å². The summed E-state index contributed by atoms with van der Waals surface area (Å²) in [5.74, 6) is 0. The van der Waals surface area contributed by atoms with Gasteiger partial charge in [0.15, 0.2) is 0 Å². The van der Waals surface area contributed by atoms with Crippen LogP contribution in [0.15, 0.2) is 0 Å². The standard InChI is InChI=1S/C11H22O3/c1-4-6-8(3)14-10-7-9(12)11(10)13-5-2/h8-12H,4-7H2,1-3H3. The van der Waals surface area contributed by atoms with E-state index < -0.39 is 0 Å². The van der Waals surface area contributed by atoms with Crippen LogP contribution in [0.1, 0.15) is 40.0 Å². The van der Waals surface area contributed by atoms with E-state index in [1.54, 1.807) is 0 Å². The van der Waals surface area contributed by atoms with Gasteiger partial charge >= 0.3 is 0 Å². The van der Waals surface area contributed by atoms with Crippen LogP contribution in [0.2, 0.25) is 0 Å². The highest BCUT2D eigenvalue weighted by molar-refractivity contribution is 4.92. The molecule has 0 heterocycles. The SMILES string of the molecule is CCCC(C)OC1CC(O)C1OCC. The lowest BCUT2D eigenvalue weighted by Gasteiger charge is -2.41. The topological polar surface area (TPSA) is 38.7 Å².